The number of rotatable bonds is 4. The molecule has 17 heavy (non-hydrogen) atoms. The quantitative estimate of drug-likeness (QED) is 0.709. The van der Waals surface area contributed by atoms with Crippen LogP contribution in [0.4, 0.5) is 0 Å². The highest BCUT2D eigenvalue weighted by Crippen LogP contribution is 2.43. The van der Waals surface area contributed by atoms with Crippen LogP contribution in [0.2, 0.25) is 0 Å². The van der Waals surface area contributed by atoms with Gasteiger partial charge in [-0.3, -0.25) is 9.59 Å². The number of esters is 1. The predicted molar refractivity (Wildman–Crippen MR) is 66.5 cm³/mol. The lowest BCUT2D eigenvalue weighted by atomic mass is 9.64. The minimum atomic E-state index is -0.230. The van der Waals surface area contributed by atoms with Gasteiger partial charge >= 0.3 is 5.97 Å². The van der Waals surface area contributed by atoms with Gasteiger partial charge in [-0.05, 0) is 24.7 Å². The summed E-state index contributed by atoms with van der Waals surface area (Å²) in [6, 6.07) is 0. The van der Waals surface area contributed by atoms with Gasteiger partial charge in [-0.2, -0.15) is 0 Å². The summed E-state index contributed by atoms with van der Waals surface area (Å²) in [5, 5.41) is 0. The van der Waals surface area contributed by atoms with Crippen LogP contribution in [-0.2, 0) is 14.3 Å². The molecule has 1 fully saturated rings. The molecule has 0 radical (unpaired) electrons. The van der Waals surface area contributed by atoms with Crippen molar-refractivity contribution in [2.24, 2.45) is 17.3 Å². The van der Waals surface area contributed by atoms with Crippen molar-refractivity contribution in [3.63, 3.8) is 0 Å². The van der Waals surface area contributed by atoms with Crippen molar-refractivity contribution in [3.8, 4) is 0 Å². The van der Waals surface area contributed by atoms with Crippen LogP contribution in [0.15, 0.2) is 0 Å². The van der Waals surface area contributed by atoms with Gasteiger partial charge in [-0.25, -0.2) is 0 Å². The van der Waals surface area contributed by atoms with E-state index in [9.17, 15) is 9.59 Å². The average molecular weight is 240 g/mol. The molecular formula is C14H24O3. The van der Waals surface area contributed by atoms with Crippen molar-refractivity contribution < 1.29 is 14.3 Å². The highest BCUT2D eigenvalue weighted by Gasteiger charge is 2.42. The van der Waals surface area contributed by atoms with E-state index in [0.29, 0.717) is 19.4 Å². The molecule has 0 heterocycles. The minimum Gasteiger partial charge on any atom is -0.466 e. The maximum atomic E-state index is 11.9. The van der Waals surface area contributed by atoms with Crippen molar-refractivity contribution >= 4 is 11.8 Å². The van der Waals surface area contributed by atoms with Gasteiger partial charge in [0.15, 0.2) is 0 Å². The van der Waals surface area contributed by atoms with E-state index in [0.717, 1.165) is 12.8 Å². The van der Waals surface area contributed by atoms with E-state index in [1.54, 1.807) is 0 Å². The van der Waals surface area contributed by atoms with Gasteiger partial charge < -0.3 is 4.74 Å². The fraction of sp³-hybridized carbons (Fsp3) is 0.857. The number of carbonyl (C=O) groups excluding carboxylic acids is 2. The number of hydrogen-bond donors (Lipinski definition) is 0. The van der Waals surface area contributed by atoms with Gasteiger partial charge in [0.05, 0.1) is 12.5 Å². The van der Waals surface area contributed by atoms with Crippen LogP contribution in [-0.4, -0.2) is 18.4 Å². The van der Waals surface area contributed by atoms with Gasteiger partial charge in [0.25, 0.3) is 0 Å². The molecule has 2 unspecified atom stereocenters. The monoisotopic (exact) mass is 240 g/mol. The van der Waals surface area contributed by atoms with Crippen LogP contribution < -0.4 is 0 Å². The fourth-order valence-corrected chi connectivity index (χ4v) is 2.70. The molecule has 1 aliphatic carbocycles. The lowest BCUT2D eigenvalue weighted by Gasteiger charge is -2.40. The number of ether oxygens (including phenoxy) is 1. The largest absolute Gasteiger partial charge is 0.466 e. The molecule has 2 atom stereocenters. The van der Waals surface area contributed by atoms with Crippen molar-refractivity contribution in [1.29, 1.82) is 0 Å². The number of Topliss-reactive ketones (excluding diaryl/α,β-unsaturated/α-hetero) is 1. The Morgan fingerprint density at radius 1 is 1.41 bits per heavy atom. The molecular weight excluding hydrogens is 216 g/mol. The molecule has 0 bridgehead atoms. The lowest BCUT2D eigenvalue weighted by Crippen LogP contribution is -2.40. The molecule has 0 aromatic heterocycles. The molecule has 0 spiro atoms. The first-order chi connectivity index (χ1) is 7.92. The summed E-state index contributed by atoms with van der Waals surface area (Å²) in [5.41, 5.74) is 0.0954. The van der Waals surface area contributed by atoms with Gasteiger partial charge in [-0.15, -0.1) is 0 Å². The maximum Gasteiger partial charge on any atom is 0.309 e. The average Bonchev–Trinajstić information content (AvgIpc) is 2.29. The van der Waals surface area contributed by atoms with E-state index < -0.39 is 0 Å². The molecule has 0 aromatic carbocycles. The molecule has 0 amide bonds. The Labute approximate surface area is 104 Å². The van der Waals surface area contributed by atoms with E-state index in [2.05, 4.69) is 20.8 Å². The lowest BCUT2D eigenvalue weighted by molar-refractivity contribution is -0.156. The Morgan fingerprint density at radius 2 is 2.06 bits per heavy atom. The standard InChI is InChI=1S/C14H24O3/c1-5-14(3,4)12-8-7-10(15)9-11(12)13(16)17-6-2/h11-12H,5-9H2,1-4H3. The topological polar surface area (TPSA) is 43.4 Å². The zero-order valence-electron chi connectivity index (χ0n) is 11.4. The van der Waals surface area contributed by atoms with Crippen LogP contribution in [0.25, 0.3) is 0 Å². The Morgan fingerprint density at radius 3 is 2.59 bits per heavy atom. The Balaban J connectivity index is 2.85. The molecule has 3 nitrogen and oxygen atoms in total. The first-order valence-corrected chi connectivity index (χ1v) is 6.60. The van der Waals surface area contributed by atoms with Crippen LogP contribution in [0.5, 0.6) is 0 Å². The third kappa shape index (κ3) is 3.30. The number of hydrogen-bond acceptors (Lipinski definition) is 3. The molecule has 0 saturated heterocycles. The summed E-state index contributed by atoms with van der Waals surface area (Å²) in [7, 11) is 0. The third-order valence-corrected chi connectivity index (χ3v) is 4.17. The molecule has 98 valence electrons. The predicted octanol–water partition coefficient (Wildman–Crippen LogP) is 2.97. The van der Waals surface area contributed by atoms with Crippen LogP contribution in [0, 0.1) is 17.3 Å². The summed E-state index contributed by atoms with van der Waals surface area (Å²) in [4.78, 5) is 23.5. The van der Waals surface area contributed by atoms with Crippen molar-refractivity contribution in [1.82, 2.24) is 0 Å². The summed E-state index contributed by atoms with van der Waals surface area (Å²) in [6.07, 6.45) is 2.82. The second-order valence-corrected chi connectivity index (χ2v) is 5.59. The highest BCUT2D eigenvalue weighted by atomic mass is 16.5. The second-order valence-electron chi connectivity index (χ2n) is 5.59. The smallest absolute Gasteiger partial charge is 0.309 e. The molecule has 1 rings (SSSR count). The van der Waals surface area contributed by atoms with Gasteiger partial charge in [0, 0.05) is 12.8 Å². The van der Waals surface area contributed by atoms with E-state index in [1.165, 1.54) is 0 Å². The Kier molecular flexibility index (Phi) is 4.72. The zero-order valence-corrected chi connectivity index (χ0v) is 11.4. The van der Waals surface area contributed by atoms with Crippen molar-refractivity contribution in [3.05, 3.63) is 0 Å². The molecule has 1 aliphatic rings. The van der Waals surface area contributed by atoms with Crippen molar-refractivity contribution in [2.45, 2.75) is 53.4 Å². The molecule has 0 aliphatic heterocycles. The van der Waals surface area contributed by atoms with Gasteiger partial charge in [0.1, 0.15) is 5.78 Å². The zero-order chi connectivity index (χ0) is 13.1. The SMILES string of the molecule is CCOC(=O)C1CC(=O)CCC1C(C)(C)CC. The summed E-state index contributed by atoms with van der Waals surface area (Å²) in [5.74, 6) is 0.0497. The van der Waals surface area contributed by atoms with E-state index in [4.69, 9.17) is 4.74 Å². The second kappa shape index (κ2) is 5.65. The van der Waals surface area contributed by atoms with Crippen LogP contribution >= 0.6 is 0 Å². The van der Waals surface area contributed by atoms with Gasteiger partial charge in [-0.1, -0.05) is 27.2 Å². The number of carbonyl (C=O) groups is 2. The van der Waals surface area contributed by atoms with Crippen molar-refractivity contribution in [2.75, 3.05) is 6.61 Å². The maximum absolute atomic E-state index is 11.9. The van der Waals surface area contributed by atoms with E-state index >= 15 is 0 Å². The normalized spacial score (nSPS) is 25.8. The highest BCUT2D eigenvalue weighted by molar-refractivity contribution is 5.86. The van der Waals surface area contributed by atoms with E-state index in [1.807, 2.05) is 6.92 Å². The number of ketones is 1. The third-order valence-electron chi connectivity index (χ3n) is 4.17. The molecule has 0 aromatic rings. The molecule has 0 N–H and O–H groups in total. The summed E-state index contributed by atoms with van der Waals surface area (Å²) < 4.78 is 5.11. The van der Waals surface area contributed by atoms with Crippen LogP contribution in [0.1, 0.15) is 53.4 Å². The van der Waals surface area contributed by atoms with Gasteiger partial charge in [0.2, 0.25) is 0 Å². The van der Waals surface area contributed by atoms with Crippen LogP contribution in [0.3, 0.4) is 0 Å². The fourth-order valence-electron chi connectivity index (χ4n) is 2.70. The molecule has 3 heteroatoms. The first-order valence-electron chi connectivity index (χ1n) is 6.60. The minimum absolute atomic E-state index is 0.0954. The Bertz CT molecular complexity index is 294. The Hall–Kier alpha value is -0.860. The molecule has 1 saturated carbocycles. The first kappa shape index (κ1) is 14.2. The summed E-state index contributed by atoms with van der Waals surface area (Å²) in [6.45, 7) is 8.70. The summed E-state index contributed by atoms with van der Waals surface area (Å²) >= 11 is 0. The van der Waals surface area contributed by atoms with E-state index in [-0.39, 0.29) is 29.0 Å².